The van der Waals surface area contributed by atoms with E-state index >= 15 is 0 Å². The van der Waals surface area contributed by atoms with Crippen molar-refractivity contribution in [2.24, 2.45) is 5.73 Å². The Morgan fingerprint density at radius 2 is 2.16 bits per heavy atom. The molecule has 4 nitrogen and oxygen atoms in total. The summed E-state index contributed by atoms with van der Waals surface area (Å²) < 4.78 is 11.5. The molecule has 2 N–H and O–H groups in total. The standard InChI is InChI=1S/C14H20BrNO3/c1-3-4-5-18-13(17)9-19-14-10(2)6-12(15)7-11(14)8-16/h6-7H,3-5,8-9,16H2,1-2H3. The topological polar surface area (TPSA) is 61.5 Å². The number of ether oxygens (including phenoxy) is 2. The third-order valence-corrected chi connectivity index (χ3v) is 3.09. The minimum absolute atomic E-state index is 0.0841. The van der Waals surface area contributed by atoms with Gasteiger partial charge in [0.1, 0.15) is 5.75 Å². The van der Waals surface area contributed by atoms with E-state index in [0.717, 1.165) is 28.4 Å². The molecule has 1 aromatic carbocycles. The summed E-state index contributed by atoms with van der Waals surface area (Å²) in [6.07, 6.45) is 1.87. The van der Waals surface area contributed by atoms with Gasteiger partial charge in [0, 0.05) is 16.6 Å². The smallest absolute Gasteiger partial charge is 0.344 e. The number of esters is 1. The highest BCUT2D eigenvalue weighted by molar-refractivity contribution is 9.10. The first kappa shape index (κ1) is 16.0. The molecular formula is C14H20BrNO3. The van der Waals surface area contributed by atoms with Gasteiger partial charge in [-0.15, -0.1) is 0 Å². The van der Waals surface area contributed by atoms with Gasteiger partial charge in [-0.3, -0.25) is 0 Å². The fourth-order valence-electron chi connectivity index (χ4n) is 1.66. The molecule has 106 valence electrons. The Morgan fingerprint density at radius 3 is 2.79 bits per heavy atom. The van der Waals surface area contributed by atoms with Crippen LogP contribution < -0.4 is 10.5 Å². The molecule has 0 bridgehead atoms. The number of rotatable bonds is 7. The first-order chi connectivity index (χ1) is 9.08. The van der Waals surface area contributed by atoms with Gasteiger partial charge in [0.15, 0.2) is 6.61 Å². The van der Waals surface area contributed by atoms with Crippen LogP contribution in [0.2, 0.25) is 0 Å². The van der Waals surface area contributed by atoms with Gasteiger partial charge in [-0.25, -0.2) is 4.79 Å². The maximum atomic E-state index is 11.5. The van der Waals surface area contributed by atoms with Crippen molar-refractivity contribution in [3.63, 3.8) is 0 Å². The molecule has 0 amide bonds. The molecule has 0 saturated heterocycles. The molecule has 0 radical (unpaired) electrons. The zero-order valence-corrected chi connectivity index (χ0v) is 13.0. The Hall–Kier alpha value is -1.07. The van der Waals surface area contributed by atoms with Crippen LogP contribution in [0.25, 0.3) is 0 Å². The molecule has 0 aliphatic rings. The Balaban J connectivity index is 2.60. The van der Waals surface area contributed by atoms with Crippen molar-refractivity contribution in [1.29, 1.82) is 0 Å². The number of benzene rings is 1. The van der Waals surface area contributed by atoms with E-state index in [0.29, 0.717) is 18.9 Å². The lowest BCUT2D eigenvalue weighted by atomic mass is 10.1. The molecule has 0 spiro atoms. The monoisotopic (exact) mass is 329 g/mol. The molecule has 0 atom stereocenters. The van der Waals surface area contributed by atoms with Gasteiger partial charge in [-0.2, -0.15) is 0 Å². The second-order valence-corrected chi connectivity index (χ2v) is 5.19. The van der Waals surface area contributed by atoms with Crippen molar-refractivity contribution in [3.8, 4) is 5.75 Å². The zero-order valence-electron chi connectivity index (χ0n) is 11.4. The zero-order chi connectivity index (χ0) is 14.3. The third kappa shape index (κ3) is 5.20. The van der Waals surface area contributed by atoms with E-state index in [2.05, 4.69) is 15.9 Å². The molecule has 0 aromatic heterocycles. The molecule has 0 unspecified atom stereocenters. The molecule has 19 heavy (non-hydrogen) atoms. The highest BCUT2D eigenvalue weighted by Crippen LogP contribution is 2.27. The first-order valence-electron chi connectivity index (χ1n) is 6.36. The van der Waals surface area contributed by atoms with Crippen molar-refractivity contribution in [2.45, 2.75) is 33.2 Å². The molecule has 1 aromatic rings. The number of unbranched alkanes of at least 4 members (excludes halogenated alkanes) is 1. The number of carbonyl (C=O) groups excluding carboxylic acids is 1. The fraction of sp³-hybridized carbons (Fsp3) is 0.500. The highest BCUT2D eigenvalue weighted by Gasteiger charge is 2.11. The Labute approximate surface area is 122 Å². The molecule has 0 heterocycles. The van der Waals surface area contributed by atoms with E-state index in [1.165, 1.54) is 0 Å². The lowest BCUT2D eigenvalue weighted by Crippen LogP contribution is -2.17. The van der Waals surface area contributed by atoms with Gasteiger partial charge in [0.25, 0.3) is 0 Å². The van der Waals surface area contributed by atoms with Crippen molar-refractivity contribution in [1.82, 2.24) is 0 Å². The summed E-state index contributed by atoms with van der Waals surface area (Å²) in [5, 5.41) is 0. The predicted octanol–water partition coefficient (Wildman–Crippen LogP) is 2.94. The van der Waals surface area contributed by atoms with Crippen LogP contribution in [0.1, 0.15) is 30.9 Å². The minimum atomic E-state index is -0.348. The molecule has 0 fully saturated rings. The van der Waals surface area contributed by atoms with Crippen LogP contribution in [0.15, 0.2) is 16.6 Å². The van der Waals surface area contributed by atoms with E-state index < -0.39 is 0 Å². The number of hydrogen-bond acceptors (Lipinski definition) is 4. The number of carbonyl (C=O) groups is 1. The van der Waals surface area contributed by atoms with E-state index in [1.54, 1.807) is 0 Å². The van der Waals surface area contributed by atoms with Crippen molar-refractivity contribution >= 4 is 21.9 Å². The number of hydrogen-bond donors (Lipinski definition) is 1. The second-order valence-electron chi connectivity index (χ2n) is 4.28. The lowest BCUT2D eigenvalue weighted by molar-refractivity contribution is -0.146. The maximum Gasteiger partial charge on any atom is 0.344 e. The Morgan fingerprint density at radius 1 is 1.42 bits per heavy atom. The summed E-state index contributed by atoms with van der Waals surface area (Å²) in [6.45, 7) is 4.69. The Kier molecular flexibility index (Phi) is 6.87. The van der Waals surface area contributed by atoms with Gasteiger partial charge in [-0.05, 0) is 31.0 Å². The van der Waals surface area contributed by atoms with Crippen LogP contribution >= 0.6 is 15.9 Å². The maximum absolute atomic E-state index is 11.5. The predicted molar refractivity (Wildman–Crippen MR) is 78.1 cm³/mol. The molecule has 1 rings (SSSR count). The lowest BCUT2D eigenvalue weighted by Gasteiger charge is -2.13. The molecule has 5 heteroatoms. The quantitative estimate of drug-likeness (QED) is 0.617. The van der Waals surface area contributed by atoms with Crippen molar-refractivity contribution < 1.29 is 14.3 Å². The summed E-state index contributed by atoms with van der Waals surface area (Å²) in [7, 11) is 0. The molecule has 0 aliphatic heterocycles. The molecular weight excluding hydrogens is 310 g/mol. The van der Waals surface area contributed by atoms with Gasteiger partial charge >= 0.3 is 5.97 Å². The van der Waals surface area contributed by atoms with Gasteiger partial charge in [0.2, 0.25) is 0 Å². The first-order valence-corrected chi connectivity index (χ1v) is 7.15. The summed E-state index contributed by atoms with van der Waals surface area (Å²) in [5.74, 6) is 0.317. The summed E-state index contributed by atoms with van der Waals surface area (Å²) in [4.78, 5) is 11.5. The average molecular weight is 330 g/mol. The van der Waals surface area contributed by atoms with Crippen LogP contribution in [0.3, 0.4) is 0 Å². The SMILES string of the molecule is CCCCOC(=O)COc1c(C)cc(Br)cc1CN. The van der Waals surface area contributed by atoms with Crippen molar-refractivity contribution in [2.75, 3.05) is 13.2 Å². The van der Waals surface area contributed by atoms with Crippen LogP contribution in [0.5, 0.6) is 5.75 Å². The summed E-state index contributed by atoms with van der Waals surface area (Å²) in [5.41, 5.74) is 7.49. The average Bonchev–Trinajstić information content (AvgIpc) is 2.37. The van der Waals surface area contributed by atoms with E-state index in [1.807, 2.05) is 26.0 Å². The normalized spacial score (nSPS) is 10.3. The number of aryl methyl sites for hydroxylation is 1. The highest BCUT2D eigenvalue weighted by atomic mass is 79.9. The van der Waals surface area contributed by atoms with Crippen LogP contribution in [-0.4, -0.2) is 19.2 Å². The third-order valence-electron chi connectivity index (χ3n) is 2.63. The number of nitrogens with two attached hydrogens (primary N) is 1. The van der Waals surface area contributed by atoms with E-state index in [-0.39, 0.29) is 12.6 Å². The largest absolute Gasteiger partial charge is 0.481 e. The summed E-state index contributed by atoms with van der Waals surface area (Å²) >= 11 is 3.41. The van der Waals surface area contributed by atoms with Crippen LogP contribution in [0.4, 0.5) is 0 Å². The number of halogens is 1. The van der Waals surface area contributed by atoms with Crippen molar-refractivity contribution in [3.05, 3.63) is 27.7 Å². The molecule has 0 saturated carbocycles. The second kappa shape index (κ2) is 8.17. The van der Waals surface area contributed by atoms with Gasteiger partial charge < -0.3 is 15.2 Å². The summed E-state index contributed by atoms with van der Waals surface area (Å²) in [6, 6.07) is 3.82. The fourth-order valence-corrected chi connectivity index (χ4v) is 2.28. The van der Waals surface area contributed by atoms with E-state index in [4.69, 9.17) is 15.2 Å². The van der Waals surface area contributed by atoms with Gasteiger partial charge in [0.05, 0.1) is 6.61 Å². The van der Waals surface area contributed by atoms with Crippen LogP contribution in [0, 0.1) is 6.92 Å². The minimum Gasteiger partial charge on any atom is -0.481 e. The van der Waals surface area contributed by atoms with E-state index in [9.17, 15) is 4.79 Å². The Bertz CT molecular complexity index is 435. The van der Waals surface area contributed by atoms with Gasteiger partial charge in [-0.1, -0.05) is 29.3 Å². The van der Waals surface area contributed by atoms with Crippen LogP contribution in [-0.2, 0) is 16.1 Å². The molecule has 0 aliphatic carbocycles.